The zero-order valence-electron chi connectivity index (χ0n) is 13.1. The van der Waals surface area contributed by atoms with Gasteiger partial charge in [-0.25, -0.2) is 0 Å². The number of rotatable bonds is 1. The highest BCUT2D eigenvalue weighted by molar-refractivity contribution is 6.30. The molecule has 4 nitrogen and oxygen atoms in total. The van der Waals surface area contributed by atoms with Gasteiger partial charge in [0.05, 0.1) is 0 Å². The Morgan fingerprint density at radius 3 is 2.86 bits per heavy atom. The van der Waals surface area contributed by atoms with Gasteiger partial charge in [-0.1, -0.05) is 30.9 Å². The number of nitrogens with zero attached hydrogens (tertiary/aromatic N) is 3. The van der Waals surface area contributed by atoms with Crippen molar-refractivity contribution >= 4 is 23.1 Å². The second kappa shape index (κ2) is 5.74. The van der Waals surface area contributed by atoms with Gasteiger partial charge in [0.15, 0.2) is 0 Å². The molecule has 2 heterocycles. The third-order valence-corrected chi connectivity index (χ3v) is 5.32. The smallest absolute Gasteiger partial charge is 0.134 e. The van der Waals surface area contributed by atoms with Crippen molar-refractivity contribution in [2.75, 3.05) is 18.5 Å². The van der Waals surface area contributed by atoms with Gasteiger partial charge in [0.25, 0.3) is 0 Å². The van der Waals surface area contributed by atoms with Crippen LogP contribution in [0.2, 0.25) is 5.02 Å². The van der Waals surface area contributed by atoms with Gasteiger partial charge in [-0.3, -0.25) is 10.3 Å². The maximum Gasteiger partial charge on any atom is 0.134 e. The first-order chi connectivity index (χ1) is 10.7. The number of fused-ring (bicyclic) bond motifs is 3. The summed E-state index contributed by atoms with van der Waals surface area (Å²) in [5.41, 5.74) is 5.94. The number of nitrogens with one attached hydrogen (secondary N) is 1. The summed E-state index contributed by atoms with van der Waals surface area (Å²) >= 11 is 6.22. The highest BCUT2D eigenvalue weighted by atomic mass is 35.5. The first kappa shape index (κ1) is 14.3. The second-order valence-electron chi connectivity index (χ2n) is 6.79. The fourth-order valence-corrected chi connectivity index (χ4v) is 4.24. The number of amidine groups is 1. The molecule has 2 aliphatic heterocycles. The van der Waals surface area contributed by atoms with Crippen molar-refractivity contribution in [3.05, 3.63) is 28.8 Å². The molecule has 1 aromatic rings. The molecule has 4 rings (SSSR count). The number of hydrogen-bond donors (Lipinski definition) is 1. The highest BCUT2D eigenvalue weighted by Gasteiger charge is 2.37. The van der Waals surface area contributed by atoms with Crippen molar-refractivity contribution in [3.63, 3.8) is 0 Å². The zero-order valence-corrected chi connectivity index (χ0v) is 13.8. The minimum Gasteiger partial charge on any atom is -0.304 e. The summed E-state index contributed by atoms with van der Waals surface area (Å²) in [7, 11) is 2.16. The van der Waals surface area contributed by atoms with Crippen LogP contribution in [-0.4, -0.2) is 30.5 Å². The summed E-state index contributed by atoms with van der Waals surface area (Å²) in [5, 5.41) is 5.55. The molecule has 1 fully saturated rings. The van der Waals surface area contributed by atoms with E-state index in [-0.39, 0.29) is 6.17 Å². The van der Waals surface area contributed by atoms with Crippen LogP contribution in [0.4, 0.5) is 5.69 Å². The van der Waals surface area contributed by atoms with E-state index in [1.165, 1.54) is 49.2 Å². The van der Waals surface area contributed by atoms with Crippen LogP contribution in [0.15, 0.2) is 23.3 Å². The molecule has 5 heteroatoms. The average Bonchev–Trinajstić information content (AvgIpc) is 2.86. The Labute approximate surface area is 137 Å². The molecule has 0 amide bonds. The number of benzene rings is 1. The molecular formula is C17H23ClN4. The van der Waals surface area contributed by atoms with Crippen LogP contribution in [-0.2, 0) is 6.54 Å². The van der Waals surface area contributed by atoms with E-state index in [0.29, 0.717) is 5.92 Å². The lowest BCUT2D eigenvalue weighted by Gasteiger charge is -2.32. The van der Waals surface area contributed by atoms with Crippen LogP contribution in [0, 0.1) is 5.92 Å². The molecule has 1 saturated carbocycles. The van der Waals surface area contributed by atoms with Gasteiger partial charge < -0.3 is 4.90 Å². The molecule has 22 heavy (non-hydrogen) atoms. The summed E-state index contributed by atoms with van der Waals surface area (Å²) < 4.78 is 0. The van der Waals surface area contributed by atoms with Crippen molar-refractivity contribution < 1.29 is 0 Å². The van der Waals surface area contributed by atoms with Gasteiger partial charge in [-0.2, -0.15) is 5.10 Å². The second-order valence-corrected chi connectivity index (χ2v) is 7.23. The molecule has 1 unspecified atom stereocenters. The van der Waals surface area contributed by atoms with Gasteiger partial charge in [-0.05, 0) is 43.7 Å². The van der Waals surface area contributed by atoms with E-state index in [0.717, 1.165) is 18.1 Å². The predicted octanol–water partition coefficient (Wildman–Crippen LogP) is 3.41. The van der Waals surface area contributed by atoms with Crippen LogP contribution < -0.4 is 10.3 Å². The van der Waals surface area contributed by atoms with Crippen molar-refractivity contribution in [2.45, 2.75) is 44.8 Å². The van der Waals surface area contributed by atoms with E-state index in [1.54, 1.807) is 0 Å². The van der Waals surface area contributed by atoms with Gasteiger partial charge in [0, 0.05) is 29.7 Å². The molecule has 1 aromatic carbocycles. The summed E-state index contributed by atoms with van der Waals surface area (Å²) in [5.74, 6) is 1.83. The Bertz CT molecular complexity index is 594. The Hall–Kier alpha value is -1.26. The molecule has 3 aliphatic rings. The molecule has 0 saturated heterocycles. The fraction of sp³-hybridized carbons (Fsp3) is 0.588. The summed E-state index contributed by atoms with van der Waals surface area (Å²) in [6, 6.07) is 6.27. The van der Waals surface area contributed by atoms with Crippen LogP contribution >= 0.6 is 11.6 Å². The lowest BCUT2D eigenvalue weighted by Crippen LogP contribution is -2.47. The highest BCUT2D eigenvalue weighted by Crippen LogP contribution is 2.35. The molecule has 1 aliphatic carbocycles. The van der Waals surface area contributed by atoms with E-state index in [4.69, 9.17) is 16.7 Å². The maximum atomic E-state index is 6.22. The van der Waals surface area contributed by atoms with Crippen LogP contribution in [0.5, 0.6) is 0 Å². The van der Waals surface area contributed by atoms with E-state index in [1.807, 2.05) is 6.07 Å². The number of anilines is 1. The first-order valence-corrected chi connectivity index (χ1v) is 8.69. The Balaban J connectivity index is 1.72. The number of hydrogen-bond acceptors (Lipinski definition) is 4. The molecule has 1 N–H and O–H groups in total. The van der Waals surface area contributed by atoms with Gasteiger partial charge in [-0.15, -0.1) is 0 Å². The largest absolute Gasteiger partial charge is 0.304 e. The van der Waals surface area contributed by atoms with Gasteiger partial charge in [0.1, 0.15) is 12.0 Å². The lowest BCUT2D eigenvalue weighted by atomic mass is 9.87. The number of likely N-dealkylation sites (N-methyl/N-ethyl adjacent to an activating group) is 1. The minimum absolute atomic E-state index is 0.240. The van der Waals surface area contributed by atoms with E-state index in [9.17, 15) is 0 Å². The zero-order chi connectivity index (χ0) is 15.1. The molecule has 0 bridgehead atoms. The van der Waals surface area contributed by atoms with Crippen molar-refractivity contribution in [2.24, 2.45) is 11.0 Å². The third-order valence-electron chi connectivity index (χ3n) is 5.08. The number of hydrazone groups is 1. The summed E-state index contributed by atoms with van der Waals surface area (Å²) in [4.78, 5) is 4.78. The monoisotopic (exact) mass is 318 g/mol. The predicted molar refractivity (Wildman–Crippen MR) is 91.2 cm³/mol. The number of halogens is 1. The standard InChI is InChI=1S/C17H23ClN4/c1-21-10-13-9-14(18)7-8-15(13)22-16(11-21)19-20-17(22)12-5-3-2-4-6-12/h7-9,12,16,19H,2-6,10-11H2,1H3. The third kappa shape index (κ3) is 2.48. The van der Waals surface area contributed by atoms with Crippen molar-refractivity contribution in [3.8, 4) is 0 Å². The molecule has 0 radical (unpaired) electrons. The van der Waals surface area contributed by atoms with E-state index in [2.05, 4.69) is 34.4 Å². The molecule has 0 spiro atoms. The average molecular weight is 319 g/mol. The van der Waals surface area contributed by atoms with Crippen LogP contribution in [0.3, 0.4) is 0 Å². The summed E-state index contributed by atoms with van der Waals surface area (Å²) in [6.45, 7) is 1.90. The normalized spacial score (nSPS) is 26.0. The molecule has 118 valence electrons. The fourth-order valence-electron chi connectivity index (χ4n) is 4.04. The maximum absolute atomic E-state index is 6.22. The topological polar surface area (TPSA) is 30.9 Å². The van der Waals surface area contributed by atoms with Crippen LogP contribution in [0.25, 0.3) is 0 Å². The quantitative estimate of drug-likeness (QED) is 0.861. The molecule has 1 atom stereocenters. The van der Waals surface area contributed by atoms with Crippen molar-refractivity contribution in [1.29, 1.82) is 0 Å². The van der Waals surface area contributed by atoms with E-state index >= 15 is 0 Å². The lowest BCUT2D eigenvalue weighted by molar-refractivity contribution is 0.301. The Morgan fingerprint density at radius 1 is 1.23 bits per heavy atom. The van der Waals surface area contributed by atoms with Crippen LogP contribution in [0.1, 0.15) is 37.7 Å². The van der Waals surface area contributed by atoms with Gasteiger partial charge >= 0.3 is 0 Å². The van der Waals surface area contributed by atoms with Crippen molar-refractivity contribution in [1.82, 2.24) is 10.3 Å². The van der Waals surface area contributed by atoms with Gasteiger partial charge in [0.2, 0.25) is 0 Å². The minimum atomic E-state index is 0.240. The first-order valence-electron chi connectivity index (χ1n) is 8.31. The summed E-state index contributed by atoms with van der Waals surface area (Å²) in [6.07, 6.45) is 6.80. The van der Waals surface area contributed by atoms with E-state index < -0.39 is 0 Å². The molecular weight excluding hydrogens is 296 g/mol. The SMILES string of the molecule is CN1Cc2cc(Cl)ccc2N2C(C3CCCCC3)=NNC2C1. The Morgan fingerprint density at radius 2 is 2.05 bits per heavy atom. The Kier molecular flexibility index (Phi) is 3.74. The molecule has 0 aromatic heterocycles.